The van der Waals surface area contributed by atoms with E-state index in [0.29, 0.717) is 0 Å². The van der Waals surface area contributed by atoms with Crippen molar-refractivity contribution in [1.29, 1.82) is 0 Å². The van der Waals surface area contributed by atoms with Crippen LogP contribution in [0.25, 0.3) is 88.0 Å². The van der Waals surface area contributed by atoms with E-state index in [1.165, 1.54) is 88.0 Å². The summed E-state index contributed by atoms with van der Waals surface area (Å²) in [5.74, 6) is 0. The lowest BCUT2D eigenvalue weighted by atomic mass is 9.83. The SMILES string of the molecule is c1ccc(-c2ccc3c(-c4ccc(-c5cccc6ccccc56)cc4)c4cc(-c5ccccc5)ccc4c(-c4ccccc4)c3c2)cc1. The molecule has 0 aromatic heterocycles. The van der Waals surface area contributed by atoms with Gasteiger partial charge in [0.2, 0.25) is 0 Å². The van der Waals surface area contributed by atoms with Crippen molar-refractivity contribution >= 4 is 32.3 Å². The molecule has 0 bridgehead atoms. The van der Waals surface area contributed by atoms with Crippen LogP contribution in [0.2, 0.25) is 0 Å². The molecule has 224 valence electrons. The lowest BCUT2D eigenvalue weighted by Gasteiger charge is -2.20. The van der Waals surface area contributed by atoms with Gasteiger partial charge in [-0.15, -0.1) is 0 Å². The van der Waals surface area contributed by atoms with E-state index in [4.69, 9.17) is 0 Å². The smallest absolute Gasteiger partial charge is 0.00261 e. The molecule has 48 heavy (non-hydrogen) atoms. The molecule has 0 heterocycles. The zero-order valence-corrected chi connectivity index (χ0v) is 26.5. The quantitative estimate of drug-likeness (QED) is 0.171. The molecule has 0 aliphatic rings. The molecule has 0 aliphatic heterocycles. The summed E-state index contributed by atoms with van der Waals surface area (Å²) in [6, 6.07) is 70.8. The molecule has 0 radical (unpaired) electrons. The highest BCUT2D eigenvalue weighted by atomic mass is 14.2. The summed E-state index contributed by atoms with van der Waals surface area (Å²) < 4.78 is 0. The van der Waals surface area contributed by atoms with Crippen LogP contribution in [0.1, 0.15) is 0 Å². The van der Waals surface area contributed by atoms with Crippen molar-refractivity contribution in [1.82, 2.24) is 0 Å². The zero-order valence-electron chi connectivity index (χ0n) is 26.5. The molecular formula is C48H32. The van der Waals surface area contributed by atoms with Gasteiger partial charge in [0, 0.05) is 0 Å². The van der Waals surface area contributed by atoms with E-state index in [1.54, 1.807) is 0 Å². The molecule has 9 aromatic rings. The minimum atomic E-state index is 1.21. The standard InChI is InChI=1S/C48H32/c1-4-13-33(14-5-1)39-28-30-44-45(31-39)47(37-18-8-3-9-19-37)43-29-27-40(34-15-6-2-7-16-34)32-46(43)48(44)38-25-23-36(24-26-38)42-22-12-20-35-17-10-11-21-41(35)42/h1-32H. The summed E-state index contributed by atoms with van der Waals surface area (Å²) in [7, 11) is 0. The maximum Gasteiger partial charge on any atom is -0.00261 e. The van der Waals surface area contributed by atoms with Crippen LogP contribution in [0.5, 0.6) is 0 Å². The number of rotatable bonds is 5. The molecule has 0 unspecified atom stereocenters. The van der Waals surface area contributed by atoms with Crippen LogP contribution >= 0.6 is 0 Å². The fourth-order valence-corrected chi connectivity index (χ4v) is 7.37. The van der Waals surface area contributed by atoms with Crippen LogP contribution in [0.3, 0.4) is 0 Å². The van der Waals surface area contributed by atoms with Gasteiger partial charge in [-0.2, -0.15) is 0 Å². The minimum Gasteiger partial charge on any atom is -0.0622 e. The van der Waals surface area contributed by atoms with Crippen molar-refractivity contribution in [3.63, 3.8) is 0 Å². The fraction of sp³-hybridized carbons (Fsp3) is 0. The van der Waals surface area contributed by atoms with Crippen LogP contribution in [0, 0.1) is 0 Å². The van der Waals surface area contributed by atoms with E-state index in [2.05, 4.69) is 194 Å². The number of hydrogen-bond acceptors (Lipinski definition) is 0. The summed E-state index contributed by atoms with van der Waals surface area (Å²) in [6.45, 7) is 0. The molecule has 0 N–H and O–H groups in total. The Bertz CT molecular complexity index is 2560. The third-order valence-corrected chi connectivity index (χ3v) is 9.67. The van der Waals surface area contributed by atoms with E-state index in [9.17, 15) is 0 Å². The van der Waals surface area contributed by atoms with Gasteiger partial charge >= 0.3 is 0 Å². The highest BCUT2D eigenvalue weighted by Gasteiger charge is 2.19. The van der Waals surface area contributed by atoms with Gasteiger partial charge in [-0.1, -0.05) is 182 Å². The van der Waals surface area contributed by atoms with Gasteiger partial charge in [0.1, 0.15) is 0 Å². The second-order valence-corrected chi connectivity index (χ2v) is 12.5. The Morgan fingerprint density at radius 3 is 1.19 bits per heavy atom. The average molecular weight is 609 g/mol. The molecule has 0 nitrogen and oxygen atoms in total. The third kappa shape index (κ3) is 4.87. The summed E-state index contributed by atoms with van der Waals surface area (Å²) >= 11 is 0. The lowest BCUT2D eigenvalue weighted by molar-refractivity contribution is 1.61. The van der Waals surface area contributed by atoms with Crippen LogP contribution < -0.4 is 0 Å². The van der Waals surface area contributed by atoms with Gasteiger partial charge in [0.05, 0.1) is 0 Å². The van der Waals surface area contributed by atoms with Gasteiger partial charge < -0.3 is 0 Å². The van der Waals surface area contributed by atoms with Crippen molar-refractivity contribution < 1.29 is 0 Å². The van der Waals surface area contributed by atoms with E-state index in [0.717, 1.165) is 0 Å². The number of hydrogen-bond donors (Lipinski definition) is 0. The monoisotopic (exact) mass is 608 g/mol. The van der Waals surface area contributed by atoms with Crippen molar-refractivity contribution in [2.75, 3.05) is 0 Å². The Balaban J connectivity index is 1.34. The molecule has 0 aliphatic carbocycles. The summed E-state index contributed by atoms with van der Waals surface area (Å²) in [4.78, 5) is 0. The largest absolute Gasteiger partial charge is 0.0622 e. The van der Waals surface area contributed by atoms with Gasteiger partial charge in [-0.3, -0.25) is 0 Å². The molecule has 0 spiro atoms. The Kier molecular flexibility index (Phi) is 6.91. The van der Waals surface area contributed by atoms with Crippen molar-refractivity contribution in [3.8, 4) is 55.6 Å². The Morgan fingerprint density at radius 2 is 0.625 bits per heavy atom. The van der Waals surface area contributed by atoms with Gasteiger partial charge in [-0.25, -0.2) is 0 Å². The van der Waals surface area contributed by atoms with Gasteiger partial charge in [0.15, 0.2) is 0 Å². The van der Waals surface area contributed by atoms with Crippen molar-refractivity contribution in [2.24, 2.45) is 0 Å². The van der Waals surface area contributed by atoms with Crippen LogP contribution in [-0.4, -0.2) is 0 Å². The summed E-state index contributed by atoms with van der Waals surface area (Å²) in [5, 5.41) is 7.56. The highest BCUT2D eigenvalue weighted by molar-refractivity contribution is 6.22. The minimum absolute atomic E-state index is 1.21. The van der Waals surface area contributed by atoms with E-state index in [1.807, 2.05) is 0 Å². The molecule has 0 fully saturated rings. The first kappa shape index (κ1) is 28.0. The molecule has 0 amide bonds. The molecule has 9 rings (SSSR count). The molecule has 0 saturated carbocycles. The number of fused-ring (bicyclic) bond motifs is 3. The predicted molar refractivity (Wildman–Crippen MR) is 206 cm³/mol. The van der Waals surface area contributed by atoms with E-state index >= 15 is 0 Å². The van der Waals surface area contributed by atoms with Gasteiger partial charge in [-0.05, 0) is 100 Å². The summed E-state index contributed by atoms with van der Waals surface area (Å²) in [6.07, 6.45) is 0. The van der Waals surface area contributed by atoms with Gasteiger partial charge in [0.25, 0.3) is 0 Å². The predicted octanol–water partition coefficient (Wildman–Crippen LogP) is 13.5. The number of benzene rings is 9. The van der Waals surface area contributed by atoms with E-state index in [-0.39, 0.29) is 0 Å². The second-order valence-electron chi connectivity index (χ2n) is 12.5. The third-order valence-electron chi connectivity index (χ3n) is 9.67. The molecule has 0 saturated heterocycles. The molecule has 9 aromatic carbocycles. The van der Waals surface area contributed by atoms with E-state index < -0.39 is 0 Å². The van der Waals surface area contributed by atoms with Crippen molar-refractivity contribution in [3.05, 3.63) is 194 Å². The lowest BCUT2D eigenvalue weighted by Crippen LogP contribution is -1.93. The Morgan fingerprint density at radius 1 is 0.208 bits per heavy atom. The normalized spacial score (nSPS) is 11.3. The second kappa shape index (κ2) is 11.8. The highest BCUT2D eigenvalue weighted by Crippen LogP contribution is 2.46. The Hall–Kier alpha value is -6.24. The average Bonchev–Trinajstić information content (AvgIpc) is 3.17. The van der Waals surface area contributed by atoms with Crippen LogP contribution in [0.15, 0.2) is 194 Å². The molecule has 0 atom stereocenters. The molecular weight excluding hydrogens is 577 g/mol. The first-order valence-electron chi connectivity index (χ1n) is 16.6. The fourth-order valence-electron chi connectivity index (χ4n) is 7.37. The first-order valence-corrected chi connectivity index (χ1v) is 16.6. The molecule has 0 heteroatoms. The van der Waals surface area contributed by atoms with Crippen LogP contribution in [-0.2, 0) is 0 Å². The maximum atomic E-state index is 2.40. The van der Waals surface area contributed by atoms with Crippen LogP contribution in [0.4, 0.5) is 0 Å². The first-order chi connectivity index (χ1) is 23.8. The summed E-state index contributed by atoms with van der Waals surface area (Å²) in [5.41, 5.74) is 12.3. The Labute approximate surface area is 281 Å². The topological polar surface area (TPSA) is 0 Å². The zero-order chi connectivity index (χ0) is 31.9. The maximum absolute atomic E-state index is 2.40. The van der Waals surface area contributed by atoms with Crippen molar-refractivity contribution in [2.45, 2.75) is 0 Å².